The smallest absolute Gasteiger partial charge is 0.263 e. The Labute approximate surface area is 157 Å². The van der Waals surface area contributed by atoms with Crippen molar-refractivity contribution in [1.29, 1.82) is 5.26 Å². The summed E-state index contributed by atoms with van der Waals surface area (Å²) >= 11 is 0. The fourth-order valence-electron chi connectivity index (χ4n) is 3.18. The first kappa shape index (κ1) is 16.6. The highest BCUT2D eigenvalue weighted by atomic mass is 16.1. The van der Waals surface area contributed by atoms with Crippen molar-refractivity contribution in [2.75, 3.05) is 6.54 Å². The molecule has 0 aliphatic carbocycles. The molecule has 130 valence electrons. The lowest BCUT2D eigenvalue weighted by molar-refractivity contribution is 0.958. The van der Waals surface area contributed by atoms with Gasteiger partial charge < -0.3 is 5.32 Å². The maximum absolute atomic E-state index is 13.3. The molecular weight excluding hydrogens is 334 g/mol. The summed E-state index contributed by atoms with van der Waals surface area (Å²) < 4.78 is 1.64. The van der Waals surface area contributed by atoms with Crippen molar-refractivity contribution in [3.05, 3.63) is 107 Å². The van der Waals surface area contributed by atoms with E-state index in [2.05, 4.69) is 11.4 Å². The highest BCUT2D eigenvalue weighted by molar-refractivity contribution is 5.75. The first-order valence-corrected chi connectivity index (χ1v) is 8.70. The van der Waals surface area contributed by atoms with Crippen LogP contribution >= 0.6 is 0 Å². The lowest BCUT2D eigenvalue weighted by atomic mass is 9.99. The van der Waals surface area contributed by atoms with Crippen LogP contribution in [-0.2, 0) is 0 Å². The van der Waals surface area contributed by atoms with Crippen LogP contribution < -0.4 is 10.9 Å². The van der Waals surface area contributed by atoms with Gasteiger partial charge in [0.05, 0.1) is 11.6 Å². The van der Waals surface area contributed by atoms with Gasteiger partial charge in [-0.05, 0) is 30.3 Å². The van der Waals surface area contributed by atoms with E-state index in [9.17, 15) is 10.1 Å². The molecule has 4 heteroatoms. The minimum atomic E-state index is -0.153. The highest BCUT2D eigenvalue weighted by Gasteiger charge is 2.15. The summed E-state index contributed by atoms with van der Waals surface area (Å²) in [7, 11) is 0. The molecule has 1 aromatic heterocycles. The van der Waals surface area contributed by atoms with Crippen LogP contribution in [0.3, 0.4) is 0 Å². The number of nitriles is 1. The summed E-state index contributed by atoms with van der Waals surface area (Å²) in [4.78, 5) is 13.3. The van der Waals surface area contributed by atoms with Crippen LogP contribution in [0.1, 0.15) is 11.1 Å². The Morgan fingerprint density at radius 3 is 2.52 bits per heavy atom. The summed E-state index contributed by atoms with van der Waals surface area (Å²) in [5.41, 5.74) is 4.10. The van der Waals surface area contributed by atoms with Gasteiger partial charge in [-0.3, -0.25) is 9.36 Å². The summed E-state index contributed by atoms with van der Waals surface area (Å²) in [6.45, 7) is 0.737. The summed E-state index contributed by atoms with van der Waals surface area (Å²) in [5.74, 6) is 0. The second-order valence-corrected chi connectivity index (χ2v) is 6.20. The molecule has 0 saturated heterocycles. The zero-order chi connectivity index (χ0) is 18.6. The van der Waals surface area contributed by atoms with Gasteiger partial charge in [0.1, 0.15) is 0 Å². The topological polar surface area (TPSA) is 57.8 Å². The fraction of sp³-hybridized carbons (Fsp3) is 0.0435. The zero-order valence-corrected chi connectivity index (χ0v) is 14.6. The molecule has 3 aromatic rings. The highest BCUT2D eigenvalue weighted by Crippen LogP contribution is 2.24. The number of dihydropyridines is 1. The van der Waals surface area contributed by atoms with Crippen LogP contribution in [-0.4, -0.2) is 11.1 Å². The molecule has 0 radical (unpaired) electrons. The van der Waals surface area contributed by atoms with Crippen LogP contribution in [0, 0.1) is 11.3 Å². The Hall–Kier alpha value is -3.84. The van der Waals surface area contributed by atoms with E-state index >= 15 is 0 Å². The van der Waals surface area contributed by atoms with Gasteiger partial charge >= 0.3 is 0 Å². The van der Waals surface area contributed by atoms with E-state index in [0.717, 1.165) is 23.5 Å². The maximum atomic E-state index is 13.3. The first-order valence-electron chi connectivity index (χ1n) is 8.70. The second-order valence-electron chi connectivity index (χ2n) is 6.20. The van der Waals surface area contributed by atoms with E-state index in [1.807, 2.05) is 73.0 Å². The monoisotopic (exact) mass is 351 g/mol. The van der Waals surface area contributed by atoms with Gasteiger partial charge in [-0.1, -0.05) is 48.6 Å². The van der Waals surface area contributed by atoms with E-state index in [1.54, 1.807) is 16.7 Å². The normalized spacial score (nSPS) is 12.8. The Morgan fingerprint density at radius 1 is 1.00 bits per heavy atom. The maximum Gasteiger partial charge on any atom is 0.263 e. The van der Waals surface area contributed by atoms with E-state index in [1.165, 1.54) is 0 Å². The molecule has 0 spiro atoms. The largest absolute Gasteiger partial charge is 0.381 e. The molecule has 0 fully saturated rings. The lowest BCUT2D eigenvalue weighted by Crippen LogP contribution is -2.23. The predicted octanol–water partition coefficient (Wildman–Crippen LogP) is 3.88. The van der Waals surface area contributed by atoms with Crippen LogP contribution in [0.15, 0.2) is 89.9 Å². The molecule has 0 atom stereocenters. The Morgan fingerprint density at radius 2 is 1.78 bits per heavy atom. The van der Waals surface area contributed by atoms with Crippen LogP contribution in [0.4, 0.5) is 0 Å². The number of hydrogen-bond acceptors (Lipinski definition) is 3. The number of allylic oxidation sites excluding steroid dienone is 2. The number of aromatic nitrogens is 1. The Balaban J connectivity index is 2.01. The minimum Gasteiger partial charge on any atom is -0.381 e. The van der Waals surface area contributed by atoms with Crippen molar-refractivity contribution in [2.24, 2.45) is 0 Å². The predicted molar refractivity (Wildman–Crippen MR) is 107 cm³/mol. The van der Waals surface area contributed by atoms with Crippen molar-refractivity contribution in [3.63, 3.8) is 0 Å². The van der Waals surface area contributed by atoms with E-state index in [0.29, 0.717) is 16.7 Å². The number of pyridine rings is 1. The van der Waals surface area contributed by atoms with Crippen LogP contribution in [0.5, 0.6) is 0 Å². The average Bonchev–Trinajstić information content (AvgIpc) is 2.75. The van der Waals surface area contributed by atoms with E-state index < -0.39 is 0 Å². The van der Waals surface area contributed by atoms with Crippen LogP contribution in [0.2, 0.25) is 0 Å². The molecular formula is C23H17N3O. The number of para-hydroxylation sites is 1. The molecule has 1 N–H and O–H groups in total. The Kier molecular flexibility index (Phi) is 4.42. The van der Waals surface area contributed by atoms with Gasteiger partial charge in [-0.15, -0.1) is 0 Å². The van der Waals surface area contributed by atoms with Crippen molar-refractivity contribution < 1.29 is 0 Å². The summed E-state index contributed by atoms with van der Waals surface area (Å²) in [6.07, 6.45) is 7.85. The van der Waals surface area contributed by atoms with Gasteiger partial charge in [-0.25, -0.2) is 0 Å². The molecule has 0 saturated carbocycles. The number of nitrogens with zero attached hydrogens (tertiary/aromatic N) is 2. The van der Waals surface area contributed by atoms with Crippen molar-refractivity contribution in [2.45, 2.75) is 0 Å². The van der Waals surface area contributed by atoms with Crippen molar-refractivity contribution in [3.8, 4) is 22.9 Å². The van der Waals surface area contributed by atoms with Gasteiger partial charge in [0.2, 0.25) is 0 Å². The van der Waals surface area contributed by atoms with E-state index in [4.69, 9.17) is 0 Å². The van der Waals surface area contributed by atoms with Gasteiger partial charge in [0.15, 0.2) is 0 Å². The van der Waals surface area contributed by atoms with E-state index in [-0.39, 0.29) is 5.56 Å². The molecule has 0 amide bonds. The lowest BCUT2D eigenvalue weighted by Gasteiger charge is -2.17. The molecule has 1 aliphatic heterocycles. The molecule has 27 heavy (non-hydrogen) atoms. The van der Waals surface area contributed by atoms with Crippen molar-refractivity contribution in [1.82, 2.24) is 9.88 Å². The van der Waals surface area contributed by atoms with Crippen molar-refractivity contribution >= 4 is 5.70 Å². The number of hydrogen-bond donors (Lipinski definition) is 1. The third-order valence-electron chi connectivity index (χ3n) is 4.51. The Bertz CT molecular complexity index is 1150. The zero-order valence-electron chi connectivity index (χ0n) is 14.6. The second kappa shape index (κ2) is 7.19. The summed E-state index contributed by atoms with van der Waals surface area (Å²) in [6, 6.07) is 20.8. The average molecular weight is 351 g/mol. The molecule has 0 bridgehead atoms. The third kappa shape index (κ3) is 3.19. The molecule has 4 nitrogen and oxygen atoms in total. The standard InChI is InChI=1S/C23H17N3O/c24-15-17-8-4-5-11-20(17)21-14-18(22-12-6-7-13-25-22)16-26(23(21)27)19-9-2-1-3-10-19/h1-12,14,16,25H,13H2. The molecule has 2 aromatic carbocycles. The number of nitrogens with one attached hydrogen (secondary N) is 1. The number of rotatable bonds is 3. The first-order chi connectivity index (χ1) is 13.3. The minimum absolute atomic E-state index is 0.153. The third-order valence-corrected chi connectivity index (χ3v) is 4.51. The van der Waals surface area contributed by atoms with Gasteiger partial charge in [-0.2, -0.15) is 5.26 Å². The van der Waals surface area contributed by atoms with Gasteiger partial charge in [0.25, 0.3) is 5.56 Å². The quantitative estimate of drug-likeness (QED) is 0.779. The van der Waals surface area contributed by atoms with Gasteiger partial charge in [0, 0.05) is 40.8 Å². The SMILES string of the molecule is N#Cc1ccccc1-c1cc(C2=CC=CCN2)cn(-c2ccccc2)c1=O. The fourth-order valence-corrected chi connectivity index (χ4v) is 3.18. The molecule has 1 aliphatic rings. The van der Waals surface area contributed by atoms with Crippen LogP contribution in [0.25, 0.3) is 22.5 Å². The molecule has 0 unspecified atom stereocenters. The summed E-state index contributed by atoms with van der Waals surface area (Å²) in [5, 5.41) is 12.8. The molecule has 4 rings (SSSR count). The number of benzene rings is 2. The molecule has 2 heterocycles.